The van der Waals surface area contributed by atoms with Crippen LogP contribution in [-0.2, 0) is 17.6 Å². The maximum absolute atomic E-state index is 12.6. The molecule has 0 bridgehead atoms. The Balaban J connectivity index is 1.43. The summed E-state index contributed by atoms with van der Waals surface area (Å²) in [4.78, 5) is 22.1. The van der Waals surface area contributed by atoms with Gasteiger partial charge < -0.3 is 14.5 Å². The third-order valence-electron chi connectivity index (χ3n) is 4.89. The SMILES string of the molecule is CC(C)(C)OC(=O)N1CCCc2ncc(CCOc3ccc4[nH]ccc4c3)cc21. The van der Waals surface area contributed by atoms with Crippen LogP contribution >= 0.6 is 0 Å². The molecular weight excluding hydrogens is 366 g/mol. The van der Waals surface area contributed by atoms with E-state index in [1.54, 1.807) is 4.90 Å². The van der Waals surface area contributed by atoms with Crippen LogP contribution in [0.3, 0.4) is 0 Å². The molecule has 1 N–H and O–H groups in total. The first-order valence-corrected chi connectivity index (χ1v) is 10.1. The number of amides is 1. The molecule has 0 aliphatic carbocycles. The van der Waals surface area contributed by atoms with E-state index in [0.717, 1.165) is 46.4 Å². The summed E-state index contributed by atoms with van der Waals surface area (Å²) in [5, 5.41) is 1.13. The maximum Gasteiger partial charge on any atom is 0.414 e. The fraction of sp³-hybridized carbons (Fsp3) is 0.391. The molecule has 0 atom stereocenters. The van der Waals surface area contributed by atoms with Gasteiger partial charge in [-0.2, -0.15) is 0 Å². The maximum atomic E-state index is 12.6. The third-order valence-corrected chi connectivity index (χ3v) is 4.89. The summed E-state index contributed by atoms with van der Waals surface area (Å²) in [6, 6.07) is 10.1. The van der Waals surface area contributed by atoms with Crippen molar-refractivity contribution in [1.82, 2.24) is 9.97 Å². The van der Waals surface area contributed by atoms with Crippen molar-refractivity contribution in [2.24, 2.45) is 0 Å². The topological polar surface area (TPSA) is 67.4 Å². The predicted molar refractivity (Wildman–Crippen MR) is 114 cm³/mol. The zero-order chi connectivity index (χ0) is 20.4. The van der Waals surface area contributed by atoms with Crippen molar-refractivity contribution < 1.29 is 14.3 Å². The van der Waals surface area contributed by atoms with Gasteiger partial charge in [0.2, 0.25) is 0 Å². The van der Waals surface area contributed by atoms with E-state index < -0.39 is 5.60 Å². The number of pyridine rings is 1. The molecule has 0 saturated heterocycles. The number of benzene rings is 1. The second kappa shape index (κ2) is 7.78. The Hall–Kier alpha value is -3.02. The number of carbonyl (C=O) groups is 1. The van der Waals surface area contributed by atoms with Gasteiger partial charge >= 0.3 is 6.09 Å². The lowest BCUT2D eigenvalue weighted by Crippen LogP contribution is -2.40. The second-order valence-corrected chi connectivity index (χ2v) is 8.37. The number of aromatic amines is 1. The monoisotopic (exact) mass is 393 g/mol. The van der Waals surface area contributed by atoms with E-state index in [1.807, 2.05) is 63.5 Å². The highest BCUT2D eigenvalue weighted by Crippen LogP contribution is 2.28. The lowest BCUT2D eigenvalue weighted by molar-refractivity contribution is 0.0577. The minimum absolute atomic E-state index is 0.312. The number of carbonyl (C=O) groups excluding carboxylic acids is 1. The lowest BCUT2D eigenvalue weighted by Gasteiger charge is -2.31. The first-order valence-electron chi connectivity index (χ1n) is 10.1. The third kappa shape index (κ3) is 4.53. The van der Waals surface area contributed by atoms with E-state index in [-0.39, 0.29) is 6.09 Å². The minimum Gasteiger partial charge on any atom is -0.493 e. The van der Waals surface area contributed by atoms with Crippen molar-refractivity contribution in [3.05, 3.63) is 54.0 Å². The van der Waals surface area contributed by atoms with Crippen molar-refractivity contribution in [2.45, 2.75) is 45.6 Å². The first kappa shape index (κ1) is 19.3. The molecule has 6 nitrogen and oxygen atoms in total. The predicted octanol–water partition coefficient (Wildman–Crippen LogP) is 4.87. The van der Waals surface area contributed by atoms with Gasteiger partial charge in [0.1, 0.15) is 11.4 Å². The Morgan fingerprint density at radius 2 is 2.10 bits per heavy atom. The summed E-state index contributed by atoms with van der Waals surface area (Å²) >= 11 is 0. The van der Waals surface area contributed by atoms with Crippen molar-refractivity contribution >= 4 is 22.7 Å². The lowest BCUT2D eigenvalue weighted by atomic mass is 10.1. The Labute approximate surface area is 170 Å². The molecule has 152 valence electrons. The zero-order valence-electron chi connectivity index (χ0n) is 17.2. The van der Waals surface area contributed by atoms with Crippen LogP contribution in [-0.4, -0.2) is 34.8 Å². The fourth-order valence-corrected chi connectivity index (χ4v) is 3.53. The zero-order valence-corrected chi connectivity index (χ0v) is 17.2. The molecular formula is C23H27N3O3. The number of fused-ring (bicyclic) bond motifs is 2. The van der Waals surface area contributed by atoms with Crippen molar-refractivity contribution in [2.75, 3.05) is 18.1 Å². The molecule has 0 fully saturated rings. The number of ether oxygens (including phenoxy) is 2. The molecule has 29 heavy (non-hydrogen) atoms. The average molecular weight is 393 g/mol. The summed E-state index contributed by atoms with van der Waals surface area (Å²) in [6.45, 7) is 6.84. The van der Waals surface area contributed by atoms with Crippen LogP contribution < -0.4 is 9.64 Å². The van der Waals surface area contributed by atoms with E-state index in [0.29, 0.717) is 19.6 Å². The number of aromatic nitrogens is 2. The molecule has 1 amide bonds. The van der Waals surface area contributed by atoms with Gasteiger partial charge in [0.15, 0.2) is 0 Å². The van der Waals surface area contributed by atoms with E-state index >= 15 is 0 Å². The number of hydrogen-bond acceptors (Lipinski definition) is 4. The van der Waals surface area contributed by atoms with Crippen LogP contribution in [0.15, 0.2) is 42.7 Å². The normalized spacial score (nSPS) is 14.0. The van der Waals surface area contributed by atoms with Gasteiger partial charge in [-0.3, -0.25) is 9.88 Å². The summed E-state index contributed by atoms with van der Waals surface area (Å²) < 4.78 is 11.5. The highest BCUT2D eigenvalue weighted by molar-refractivity contribution is 5.89. The molecule has 4 rings (SSSR count). The number of aryl methyl sites for hydroxylation is 1. The molecule has 1 aliphatic heterocycles. The highest BCUT2D eigenvalue weighted by atomic mass is 16.6. The van der Waals surface area contributed by atoms with E-state index in [9.17, 15) is 4.79 Å². The van der Waals surface area contributed by atoms with Gasteiger partial charge in [-0.25, -0.2) is 4.79 Å². The second-order valence-electron chi connectivity index (χ2n) is 8.37. The van der Waals surface area contributed by atoms with Gasteiger partial charge in [0.25, 0.3) is 0 Å². The van der Waals surface area contributed by atoms with E-state index in [1.165, 1.54) is 0 Å². The molecule has 0 radical (unpaired) electrons. The summed E-state index contributed by atoms with van der Waals surface area (Å²) in [6.07, 6.45) is 5.98. The molecule has 2 aromatic heterocycles. The smallest absolute Gasteiger partial charge is 0.414 e. The van der Waals surface area contributed by atoms with Crippen molar-refractivity contribution in [1.29, 1.82) is 0 Å². The van der Waals surface area contributed by atoms with E-state index in [2.05, 4.69) is 9.97 Å². The molecule has 6 heteroatoms. The van der Waals surface area contributed by atoms with Crippen LogP contribution in [0, 0.1) is 0 Å². The Morgan fingerprint density at radius 3 is 2.93 bits per heavy atom. The molecule has 0 spiro atoms. The Bertz CT molecular complexity index is 1020. The summed E-state index contributed by atoms with van der Waals surface area (Å²) in [5.41, 5.74) is 3.43. The van der Waals surface area contributed by atoms with Crippen molar-refractivity contribution in [3.63, 3.8) is 0 Å². The number of nitrogens with one attached hydrogen (secondary N) is 1. The Kier molecular flexibility index (Phi) is 5.18. The molecule has 1 aliphatic rings. The Morgan fingerprint density at radius 1 is 1.24 bits per heavy atom. The van der Waals surface area contributed by atoms with Crippen LogP contribution in [0.5, 0.6) is 5.75 Å². The number of H-pyrrole nitrogens is 1. The first-order chi connectivity index (χ1) is 13.9. The largest absolute Gasteiger partial charge is 0.493 e. The molecule has 0 saturated carbocycles. The number of hydrogen-bond donors (Lipinski definition) is 1. The summed E-state index contributed by atoms with van der Waals surface area (Å²) in [5.74, 6) is 0.846. The molecule has 3 heterocycles. The number of nitrogens with zero attached hydrogens (tertiary/aromatic N) is 2. The van der Waals surface area contributed by atoms with E-state index in [4.69, 9.17) is 9.47 Å². The minimum atomic E-state index is -0.520. The van der Waals surface area contributed by atoms with Gasteiger partial charge in [-0.1, -0.05) is 0 Å². The molecule has 0 unspecified atom stereocenters. The number of anilines is 1. The van der Waals surface area contributed by atoms with Gasteiger partial charge in [0, 0.05) is 36.3 Å². The highest BCUT2D eigenvalue weighted by Gasteiger charge is 2.28. The number of rotatable bonds is 4. The fourth-order valence-electron chi connectivity index (χ4n) is 3.53. The summed E-state index contributed by atoms with van der Waals surface area (Å²) in [7, 11) is 0. The van der Waals surface area contributed by atoms with Gasteiger partial charge in [-0.05, 0) is 69.5 Å². The van der Waals surface area contributed by atoms with Crippen LogP contribution in [0.2, 0.25) is 0 Å². The molecule has 3 aromatic rings. The quantitative estimate of drug-likeness (QED) is 0.686. The van der Waals surface area contributed by atoms with Gasteiger partial charge in [-0.15, -0.1) is 0 Å². The molecule has 1 aromatic carbocycles. The standard InChI is InChI=1S/C23H27N3O3/c1-23(2,3)29-22(27)26-11-4-5-20-21(26)13-16(15-25-20)9-12-28-18-6-7-19-17(14-18)8-10-24-19/h6-8,10,13-15,24H,4-5,9,11-12H2,1-3H3. The van der Waals surface area contributed by atoms with Crippen LogP contribution in [0.1, 0.15) is 38.4 Å². The van der Waals surface area contributed by atoms with Crippen molar-refractivity contribution in [3.8, 4) is 5.75 Å². The van der Waals surface area contributed by atoms with Crippen LogP contribution in [0.4, 0.5) is 10.5 Å². The average Bonchev–Trinajstić information content (AvgIpc) is 3.14. The van der Waals surface area contributed by atoms with Gasteiger partial charge in [0.05, 0.1) is 18.0 Å². The van der Waals surface area contributed by atoms with Crippen LogP contribution in [0.25, 0.3) is 10.9 Å².